The van der Waals surface area contributed by atoms with Crippen LogP contribution in [0, 0.1) is 21.7 Å². The third-order valence-corrected chi connectivity index (χ3v) is 8.93. The number of rotatable bonds is 10. The summed E-state index contributed by atoms with van der Waals surface area (Å²) in [5.74, 6) is -3.03. The molecule has 47 heavy (non-hydrogen) atoms. The fourth-order valence-electron chi connectivity index (χ4n) is 6.60. The largest absolute Gasteiger partial charge is 0.466 e. The third-order valence-electron chi connectivity index (χ3n) is 8.93. The minimum atomic E-state index is -0.954. The Bertz CT molecular complexity index is 1690. The van der Waals surface area contributed by atoms with Crippen LogP contribution in [-0.4, -0.2) is 54.1 Å². The number of non-ortho nitro benzene ring substituents is 1. The second kappa shape index (κ2) is 13.8. The molecule has 11 heteroatoms. The maximum Gasteiger partial charge on any atom is 0.337 e. The van der Waals surface area contributed by atoms with Crippen LogP contribution in [0.1, 0.15) is 62.1 Å². The van der Waals surface area contributed by atoms with Crippen molar-refractivity contribution in [3.05, 3.63) is 134 Å². The lowest BCUT2D eigenvalue weighted by Crippen LogP contribution is -2.39. The van der Waals surface area contributed by atoms with Gasteiger partial charge in [-0.2, -0.15) is 0 Å². The number of hydrogen-bond acceptors (Lipinski definition) is 8. The number of allylic oxidation sites excluding steroid dienone is 2. The SMILES string of the molecule is COC(=O)C1=C(C)NC(C)=C(C(=O)OC2(C)CCN(CCC(c3ccc(F)cc3)c3ccc(F)cc3)C2)[C@H]1c1cccc([N+](=O)[O-])c1. The Hall–Kier alpha value is -4.90. The molecule has 0 bridgehead atoms. The van der Waals surface area contributed by atoms with Crippen LogP contribution in [0.5, 0.6) is 0 Å². The van der Waals surface area contributed by atoms with E-state index in [1.54, 1.807) is 44.2 Å². The molecule has 2 atom stereocenters. The van der Waals surface area contributed by atoms with Gasteiger partial charge in [-0.15, -0.1) is 0 Å². The first-order valence-corrected chi connectivity index (χ1v) is 15.4. The molecule has 1 N–H and O–H groups in total. The Labute approximate surface area is 272 Å². The van der Waals surface area contributed by atoms with Gasteiger partial charge < -0.3 is 14.8 Å². The molecule has 5 rings (SSSR count). The Morgan fingerprint density at radius 1 is 0.979 bits per heavy atom. The second-order valence-corrected chi connectivity index (χ2v) is 12.3. The monoisotopic (exact) mass is 645 g/mol. The predicted octanol–water partition coefficient (Wildman–Crippen LogP) is 6.51. The van der Waals surface area contributed by atoms with E-state index in [0.29, 0.717) is 49.4 Å². The zero-order valence-corrected chi connectivity index (χ0v) is 26.7. The van der Waals surface area contributed by atoms with E-state index in [-0.39, 0.29) is 34.4 Å². The number of halogens is 2. The number of nitro groups is 1. The van der Waals surface area contributed by atoms with E-state index in [4.69, 9.17) is 9.47 Å². The lowest BCUT2D eigenvalue weighted by Gasteiger charge is -2.33. The number of methoxy groups -OCH3 is 1. The van der Waals surface area contributed by atoms with E-state index in [0.717, 1.165) is 11.1 Å². The van der Waals surface area contributed by atoms with Crippen molar-refractivity contribution in [2.45, 2.75) is 51.0 Å². The van der Waals surface area contributed by atoms with Crippen LogP contribution in [0.3, 0.4) is 0 Å². The molecule has 0 saturated carbocycles. The molecule has 0 spiro atoms. The highest BCUT2D eigenvalue weighted by atomic mass is 19.1. The smallest absolute Gasteiger partial charge is 0.337 e. The van der Waals surface area contributed by atoms with Crippen molar-refractivity contribution in [3.8, 4) is 0 Å². The Balaban J connectivity index is 1.35. The van der Waals surface area contributed by atoms with Crippen LogP contribution < -0.4 is 5.32 Å². The highest BCUT2D eigenvalue weighted by molar-refractivity contribution is 6.00. The van der Waals surface area contributed by atoms with Crippen molar-refractivity contribution in [3.63, 3.8) is 0 Å². The average molecular weight is 646 g/mol. The van der Waals surface area contributed by atoms with Crippen LogP contribution in [0.2, 0.25) is 0 Å². The number of esters is 2. The van der Waals surface area contributed by atoms with E-state index in [2.05, 4.69) is 10.2 Å². The molecule has 9 nitrogen and oxygen atoms in total. The molecule has 1 saturated heterocycles. The van der Waals surface area contributed by atoms with Gasteiger partial charge in [-0.05, 0) is 74.7 Å². The highest BCUT2D eigenvalue weighted by Gasteiger charge is 2.43. The summed E-state index contributed by atoms with van der Waals surface area (Å²) in [5.41, 5.74) is 2.45. The van der Waals surface area contributed by atoms with Crippen LogP contribution in [-0.2, 0) is 19.1 Å². The number of carbonyl (C=O) groups excluding carboxylic acids is 2. The van der Waals surface area contributed by atoms with Crippen LogP contribution >= 0.6 is 0 Å². The van der Waals surface area contributed by atoms with E-state index in [1.165, 1.54) is 49.6 Å². The second-order valence-electron chi connectivity index (χ2n) is 12.3. The molecule has 2 aliphatic heterocycles. The Morgan fingerprint density at radius 3 is 2.11 bits per heavy atom. The van der Waals surface area contributed by atoms with Crippen LogP contribution in [0.4, 0.5) is 14.5 Å². The van der Waals surface area contributed by atoms with E-state index >= 15 is 0 Å². The van der Waals surface area contributed by atoms with Gasteiger partial charge in [-0.25, -0.2) is 18.4 Å². The summed E-state index contributed by atoms with van der Waals surface area (Å²) in [7, 11) is 1.24. The summed E-state index contributed by atoms with van der Waals surface area (Å²) >= 11 is 0. The number of carbonyl (C=O) groups is 2. The molecule has 3 aromatic carbocycles. The van der Waals surface area contributed by atoms with Gasteiger partial charge in [-0.3, -0.25) is 15.0 Å². The lowest BCUT2D eigenvalue weighted by molar-refractivity contribution is -0.384. The topological polar surface area (TPSA) is 111 Å². The zero-order valence-electron chi connectivity index (χ0n) is 26.7. The molecule has 0 aromatic heterocycles. The maximum absolute atomic E-state index is 14.0. The number of benzene rings is 3. The first kappa shape index (κ1) is 33.5. The molecule has 0 aliphatic carbocycles. The number of nitrogens with one attached hydrogen (secondary N) is 1. The number of ether oxygens (including phenoxy) is 2. The number of dihydropyridines is 1. The van der Waals surface area contributed by atoms with Crippen LogP contribution in [0.15, 0.2) is 95.3 Å². The number of likely N-dealkylation sites (tertiary alicyclic amines) is 1. The first-order valence-electron chi connectivity index (χ1n) is 15.4. The fraction of sp³-hybridized carbons (Fsp3) is 0.333. The van der Waals surface area contributed by atoms with Gasteiger partial charge in [0.1, 0.15) is 17.2 Å². The molecule has 0 radical (unpaired) electrons. The zero-order chi connectivity index (χ0) is 33.9. The van der Waals surface area contributed by atoms with Gasteiger partial charge in [0.05, 0.1) is 29.1 Å². The Kier molecular flexibility index (Phi) is 9.85. The molecule has 1 fully saturated rings. The molecular weight excluding hydrogens is 608 g/mol. The van der Waals surface area contributed by atoms with Gasteiger partial charge >= 0.3 is 11.9 Å². The standard InChI is InChI=1S/C36H37F2N3O6/c1-22-31(34(42)46-4)33(26-6-5-7-29(20-26)41(44)45)32(23(2)39-22)35(43)47-36(3)17-19-40(21-36)18-16-30(24-8-12-27(37)13-9-24)25-10-14-28(38)15-11-25/h5-15,20,30,33,39H,16-19,21H2,1-4H3/t33-,36?/m0/s1. The number of hydrogen-bond donors (Lipinski definition) is 1. The lowest BCUT2D eigenvalue weighted by atomic mass is 9.80. The predicted molar refractivity (Wildman–Crippen MR) is 171 cm³/mol. The summed E-state index contributed by atoms with van der Waals surface area (Å²) in [4.78, 5) is 40.3. The van der Waals surface area contributed by atoms with Crippen molar-refractivity contribution in [2.75, 3.05) is 26.7 Å². The summed E-state index contributed by atoms with van der Waals surface area (Å²) in [5, 5.41) is 14.7. The summed E-state index contributed by atoms with van der Waals surface area (Å²) < 4.78 is 38.6. The van der Waals surface area contributed by atoms with E-state index in [9.17, 15) is 28.5 Å². The minimum absolute atomic E-state index is 0.103. The van der Waals surface area contributed by atoms with Gasteiger partial charge in [0.2, 0.25) is 0 Å². The van der Waals surface area contributed by atoms with Gasteiger partial charge in [0, 0.05) is 49.0 Å². The fourth-order valence-corrected chi connectivity index (χ4v) is 6.60. The number of nitro benzene ring substituents is 1. The van der Waals surface area contributed by atoms with Crippen molar-refractivity contribution < 1.29 is 32.8 Å². The van der Waals surface area contributed by atoms with E-state index in [1.807, 2.05) is 6.92 Å². The first-order chi connectivity index (χ1) is 22.4. The minimum Gasteiger partial charge on any atom is -0.466 e. The van der Waals surface area contributed by atoms with Gasteiger partial charge in [0.15, 0.2) is 0 Å². The average Bonchev–Trinajstić information content (AvgIpc) is 3.41. The molecule has 2 aliphatic rings. The molecule has 1 unspecified atom stereocenters. The van der Waals surface area contributed by atoms with Crippen LogP contribution in [0.25, 0.3) is 0 Å². The third kappa shape index (κ3) is 7.41. The van der Waals surface area contributed by atoms with Crippen molar-refractivity contribution in [1.82, 2.24) is 10.2 Å². The quantitative estimate of drug-likeness (QED) is 0.151. The molecular formula is C36H37F2N3O6. The summed E-state index contributed by atoms with van der Waals surface area (Å²) in [6.07, 6.45) is 1.22. The Morgan fingerprint density at radius 2 is 1.55 bits per heavy atom. The number of nitrogens with zero attached hydrogens (tertiary/aromatic N) is 2. The van der Waals surface area contributed by atoms with Gasteiger partial charge in [0.25, 0.3) is 5.69 Å². The maximum atomic E-state index is 14.0. The van der Waals surface area contributed by atoms with Crippen molar-refractivity contribution in [1.29, 1.82) is 0 Å². The van der Waals surface area contributed by atoms with Gasteiger partial charge in [-0.1, -0.05) is 36.4 Å². The molecule has 2 heterocycles. The normalized spacial score (nSPS) is 19.9. The highest BCUT2D eigenvalue weighted by Crippen LogP contribution is 2.41. The van der Waals surface area contributed by atoms with Crippen molar-refractivity contribution in [2.24, 2.45) is 0 Å². The molecule has 3 aromatic rings. The summed E-state index contributed by atoms with van der Waals surface area (Å²) in [6, 6.07) is 18.5. The van der Waals surface area contributed by atoms with Crippen molar-refractivity contribution >= 4 is 17.6 Å². The summed E-state index contributed by atoms with van der Waals surface area (Å²) in [6.45, 7) is 6.98. The molecule has 0 amide bonds. The molecule has 246 valence electrons. The van der Waals surface area contributed by atoms with E-state index < -0.39 is 28.4 Å².